The summed E-state index contributed by atoms with van der Waals surface area (Å²) in [5, 5.41) is 0.634. The molecule has 0 aliphatic carbocycles. The van der Waals surface area contributed by atoms with E-state index in [2.05, 4.69) is 25.8 Å². The number of halogens is 3. The number of aromatic nitrogens is 1. The fourth-order valence-electron chi connectivity index (χ4n) is 3.34. The lowest BCUT2D eigenvalue weighted by Crippen LogP contribution is -2.39. The Hall–Kier alpha value is -1.58. The molecule has 1 aliphatic rings. The van der Waals surface area contributed by atoms with Gasteiger partial charge in [-0.15, -0.1) is 12.4 Å². The first kappa shape index (κ1) is 23.1. The number of amides is 1. The van der Waals surface area contributed by atoms with E-state index in [0.717, 1.165) is 54.0 Å². The highest BCUT2D eigenvalue weighted by molar-refractivity contribution is 9.10. The first-order valence-electron chi connectivity index (χ1n) is 9.54. The zero-order valence-corrected chi connectivity index (χ0v) is 19.4. The van der Waals surface area contributed by atoms with Crippen molar-refractivity contribution < 1.29 is 13.9 Å². The smallest absolute Gasteiger partial charge is 0.260 e. The molecule has 0 radical (unpaired) electrons. The number of carbonyl (C=O) groups excluding carboxylic acids is 1. The number of hydrogen-bond acceptors (Lipinski definition) is 5. The largest absolute Gasteiger partial charge is 0.379 e. The molecule has 0 saturated carbocycles. The number of anilines is 1. The van der Waals surface area contributed by atoms with Crippen LogP contribution in [0.5, 0.6) is 0 Å². The van der Waals surface area contributed by atoms with Crippen molar-refractivity contribution in [3.05, 3.63) is 58.3 Å². The molecule has 0 N–H and O–H groups in total. The molecular weight excluding hydrogens is 493 g/mol. The van der Waals surface area contributed by atoms with Crippen LogP contribution in [0.25, 0.3) is 10.2 Å². The van der Waals surface area contributed by atoms with Crippen LogP contribution in [0.15, 0.2) is 46.9 Å². The van der Waals surface area contributed by atoms with Gasteiger partial charge in [0.15, 0.2) is 5.13 Å². The Morgan fingerprint density at radius 1 is 1.23 bits per heavy atom. The molecule has 3 aromatic rings. The van der Waals surface area contributed by atoms with Crippen molar-refractivity contribution in [3.63, 3.8) is 0 Å². The van der Waals surface area contributed by atoms with Crippen molar-refractivity contribution in [2.24, 2.45) is 0 Å². The Morgan fingerprint density at radius 3 is 2.80 bits per heavy atom. The molecule has 5 nitrogen and oxygen atoms in total. The summed E-state index contributed by atoms with van der Waals surface area (Å²) in [7, 11) is 0. The van der Waals surface area contributed by atoms with Gasteiger partial charge in [0.1, 0.15) is 5.82 Å². The first-order valence-corrected chi connectivity index (χ1v) is 11.1. The predicted octanol–water partition coefficient (Wildman–Crippen LogP) is 4.99. The van der Waals surface area contributed by atoms with E-state index in [9.17, 15) is 9.18 Å². The van der Waals surface area contributed by atoms with Crippen LogP contribution in [0.1, 0.15) is 16.8 Å². The van der Waals surface area contributed by atoms with Gasteiger partial charge in [-0.2, -0.15) is 0 Å². The molecule has 160 valence electrons. The molecule has 1 fully saturated rings. The number of carbonyl (C=O) groups is 1. The monoisotopic (exact) mass is 513 g/mol. The van der Waals surface area contributed by atoms with Gasteiger partial charge in [-0.1, -0.05) is 33.3 Å². The minimum Gasteiger partial charge on any atom is -0.379 e. The van der Waals surface area contributed by atoms with E-state index >= 15 is 0 Å². The predicted molar refractivity (Wildman–Crippen MR) is 125 cm³/mol. The minimum absolute atomic E-state index is 0. The van der Waals surface area contributed by atoms with Crippen LogP contribution >= 0.6 is 39.7 Å². The van der Waals surface area contributed by atoms with Gasteiger partial charge in [0.25, 0.3) is 5.91 Å². The van der Waals surface area contributed by atoms with E-state index in [1.54, 1.807) is 17.0 Å². The lowest BCUT2D eigenvalue weighted by Gasteiger charge is -2.27. The van der Waals surface area contributed by atoms with Gasteiger partial charge < -0.3 is 4.74 Å². The maximum atomic E-state index is 13.7. The van der Waals surface area contributed by atoms with E-state index in [0.29, 0.717) is 17.2 Å². The Kier molecular flexibility index (Phi) is 8.19. The van der Waals surface area contributed by atoms with Crippen molar-refractivity contribution in [2.45, 2.75) is 6.42 Å². The number of hydrogen-bond donors (Lipinski definition) is 0. The van der Waals surface area contributed by atoms with E-state index in [-0.39, 0.29) is 18.3 Å². The van der Waals surface area contributed by atoms with Crippen molar-refractivity contribution in [1.29, 1.82) is 0 Å². The average Bonchev–Trinajstić information content (AvgIpc) is 3.14. The molecule has 1 aromatic heterocycles. The summed E-state index contributed by atoms with van der Waals surface area (Å²) in [6.07, 6.45) is 0.806. The third-order valence-corrected chi connectivity index (χ3v) is 6.38. The summed E-state index contributed by atoms with van der Waals surface area (Å²) in [6.45, 7) is 4.72. The highest BCUT2D eigenvalue weighted by atomic mass is 79.9. The van der Waals surface area contributed by atoms with Crippen LogP contribution in [-0.4, -0.2) is 55.2 Å². The molecule has 1 amide bonds. The van der Waals surface area contributed by atoms with E-state index in [1.807, 2.05) is 18.2 Å². The van der Waals surface area contributed by atoms with E-state index < -0.39 is 5.82 Å². The molecular formula is C21H22BrClFN3O2S. The number of thiazole rings is 1. The minimum atomic E-state index is -0.419. The Bertz CT molecular complexity index is 1010. The standard InChI is InChI=1S/C21H21BrFN3O2S.ClH/c22-16-5-6-18-19(14-16)29-21(24-18)26(8-2-7-25-9-11-28-12-10-25)20(27)15-3-1-4-17(23)13-15;/h1,3-6,13-14H,2,7-12H2;1H. The zero-order valence-electron chi connectivity index (χ0n) is 16.2. The highest BCUT2D eigenvalue weighted by Gasteiger charge is 2.22. The van der Waals surface area contributed by atoms with Crippen LogP contribution in [0.3, 0.4) is 0 Å². The number of benzene rings is 2. The third-order valence-electron chi connectivity index (χ3n) is 4.85. The lowest BCUT2D eigenvalue weighted by atomic mass is 10.2. The van der Waals surface area contributed by atoms with Crippen LogP contribution < -0.4 is 4.90 Å². The summed E-state index contributed by atoms with van der Waals surface area (Å²) in [5.41, 5.74) is 1.18. The molecule has 9 heteroatoms. The van der Waals surface area contributed by atoms with Gasteiger partial charge in [-0.3, -0.25) is 14.6 Å². The van der Waals surface area contributed by atoms with Crippen LogP contribution in [0.2, 0.25) is 0 Å². The average molecular weight is 515 g/mol. The second-order valence-corrected chi connectivity index (χ2v) is 8.81. The van der Waals surface area contributed by atoms with Crippen LogP contribution in [0, 0.1) is 5.82 Å². The topological polar surface area (TPSA) is 45.7 Å². The Labute approximate surface area is 193 Å². The number of nitrogens with zero attached hydrogens (tertiary/aromatic N) is 3. The second-order valence-electron chi connectivity index (χ2n) is 6.88. The molecule has 0 bridgehead atoms. The molecule has 4 rings (SSSR count). The van der Waals surface area contributed by atoms with E-state index in [4.69, 9.17) is 4.74 Å². The molecule has 1 aliphatic heterocycles. The lowest BCUT2D eigenvalue weighted by molar-refractivity contribution is 0.0376. The molecule has 0 atom stereocenters. The van der Waals surface area contributed by atoms with Gasteiger partial charge in [0, 0.05) is 36.2 Å². The van der Waals surface area contributed by atoms with Crippen molar-refractivity contribution in [1.82, 2.24) is 9.88 Å². The number of fused-ring (bicyclic) bond motifs is 1. The summed E-state index contributed by atoms with van der Waals surface area (Å²) in [5.74, 6) is -0.651. The third kappa shape index (κ3) is 5.56. The first-order chi connectivity index (χ1) is 14.1. The number of rotatable bonds is 6. The summed E-state index contributed by atoms with van der Waals surface area (Å²) in [6, 6.07) is 11.7. The molecule has 0 unspecified atom stereocenters. The van der Waals surface area contributed by atoms with Gasteiger partial charge >= 0.3 is 0 Å². The normalized spacial score (nSPS) is 14.5. The summed E-state index contributed by atoms with van der Waals surface area (Å²) in [4.78, 5) is 21.9. The van der Waals surface area contributed by atoms with Crippen molar-refractivity contribution in [3.8, 4) is 0 Å². The zero-order chi connectivity index (χ0) is 20.2. The molecule has 2 aromatic carbocycles. The number of morpholine rings is 1. The van der Waals surface area contributed by atoms with Gasteiger partial charge in [0.05, 0.1) is 23.4 Å². The van der Waals surface area contributed by atoms with Crippen molar-refractivity contribution in [2.75, 3.05) is 44.3 Å². The Morgan fingerprint density at radius 2 is 2.03 bits per heavy atom. The summed E-state index contributed by atoms with van der Waals surface area (Å²) >= 11 is 4.95. The van der Waals surface area contributed by atoms with Crippen LogP contribution in [-0.2, 0) is 4.74 Å². The van der Waals surface area contributed by atoms with Gasteiger partial charge in [0.2, 0.25) is 0 Å². The Balaban J connectivity index is 0.00000256. The number of ether oxygens (including phenoxy) is 1. The molecule has 30 heavy (non-hydrogen) atoms. The highest BCUT2D eigenvalue weighted by Crippen LogP contribution is 2.31. The fourth-order valence-corrected chi connectivity index (χ4v) is 4.88. The van der Waals surface area contributed by atoms with Gasteiger partial charge in [-0.25, -0.2) is 9.37 Å². The fraction of sp³-hybridized carbons (Fsp3) is 0.333. The van der Waals surface area contributed by atoms with E-state index in [1.165, 1.54) is 23.5 Å². The maximum absolute atomic E-state index is 13.7. The maximum Gasteiger partial charge on any atom is 0.260 e. The molecule has 1 saturated heterocycles. The summed E-state index contributed by atoms with van der Waals surface area (Å²) < 4.78 is 21.1. The van der Waals surface area contributed by atoms with Crippen molar-refractivity contribution >= 4 is 60.9 Å². The quantitative estimate of drug-likeness (QED) is 0.465. The van der Waals surface area contributed by atoms with Crippen LogP contribution in [0.4, 0.5) is 9.52 Å². The SMILES string of the molecule is Cl.O=C(c1cccc(F)c1)N(CCCN1CCOCC1)c1nc2ccc(Br)cc2s1. The molecule has 2 heterocycles. The second kappa shape index (κ2) is 10.6. The molecule has 0 spiro atoms. The van der Waals surface area contributed by atoms with Gasteiger partial charge in [-0.05, 0) is 42.8 Å².